The van der Waals surface area contributed by atoms with Crippen molar-refractivity contribution < 1.29 is 21.9 Å². The van der Waals surface area contributed by atoms with E-state index in [1.807, 2.05) is 32.0 Å². The second-order valence-corrected chi connectivity index (χ2v) is 7.68. The van der Waals surface area contributed by atoms with Crippen molar-refractivity contribution in [1.29, 1.82) is 0 Å². The molecule has 0 fully saturated rings. The third-order valence-corrected chi connectivity index (χ3v) is 5.82. The first kappa shape index (κ1) is 21.3. The molecule has 0 aromatic heterocycles. The number of rotatable bonds is 9. The monoisotopic (exact) mass is 398 g/mol. The molecule has 0 aliphatic rings. The number of nitrogens with zero attached hydrogens (tertiary/aromatic N) is 1. The van der Waals surface area contributed by atoms with Crippen LogP contribution in [0.2, 0.25) is 0 Å². The van der Waals surface area contributed by atoms with E-state index >= 15 is 0 Å². The standard InChI is InChI=1S/C19H24F2N2O3S/c1-4-23(5-2)18(14-7-6-8-16(11-14)26-3)13-22-27(24,25)19-12-15(20)9-10-17(19)21/h6-12,18,22H,4-5,13H2,1-3H3. The second kappa shape index (κ2) is 9.25. The Morgan fingerprint density at radius 3 is 2.44 bits per heavy atom. The predicted molar refractivity (Wildman–Crippen MR) is 100 cm³/mol. The molecule has 0 bridgehead atoms. The molecular formula is C19H24F2N2O3S. The van der Waals surface area contributed by atoms with Crippen LogP contribution in [0.3, 0.4) is 0 Å². The maximum atomic E-state index is 13.9. The maximum Gasteiger partial charge on any atom is 0.243 e. The first-order valence-corrected chi connectivity index (χ1v) is 10.1. The molecule has 148 valence electrons. The van der Waals surface area contributed by atoms with E-state index in [1.165, 1.54) is 0 Å². The Balaban J connectivity index is 2.31. The van der Waals surface area contributed by atoms with Gasteiger partial charge in [0.2, 0.25) is 10.0 Å². The number of methoxy groups -OCH3 is 1. The molecule has 0 saturated carbocycles. The zero-order valence-corrected chi connectivity index (χ0v) is 16.4. The Morgan fingerprint density at radius 1 is 1.11 bits per heavy atom. The summed E-state index contributed by atoms with van der Waals surface area (Å²) in [6.07, 6.45) is 0. The Morgan fingerprint density at radius 2 is 1.81 bits per heavy atom. The van der Waals surface area contributed by atoms with Crippen molar-refractivity contribution in [2.75, 3.05) is 26.7 Å². The van der Waals surface area contributed by atoms with E-state index in [0.29, 0.717) is 24.9 Å². The van der Waals surface area contributed by atoms with E-state index in [2.05, 4.69) is 9.62 Å². The number of hydrogen-bond acceptors (Lipinski definition) is 4. The van der Waals surface area contributed by atoms with E-state index in [4.69, 9.17) is 4.74 Å². The zero-order valence-electron chi connectivity index (χ0n) is 15.6. The molecule has 8 heteroatoms. The van der Waals surface area contributed by atoms with Crippen LogP contribution in [0.4, 0.5) is 8.78 Å². The highest BCUT2D eigenvalue weighted by atomic mass is 32.2. The highest BCUT2D eigenvalue weighted by Gasteiger charge is 2.24. The number of ether oxygens (including phenoxy) is 1. The van der Waals surface area contributed by atoms with Gasteiger partial charge in [-0.1, -0.05) is 26.0 Å². The molecule has 0 aliphatic carbocycles. The predicted octanol–water partition coefficient (Wildman–Crippen LogP) is 3.33. The van der Waals surface area contributed by atoms with Crippen LogP contribution in [0.5, 0.6) is 5.75 Å². The van der Waals surface area contributed by atoms with Crippen LogP contribution in [0, 0.1) is 11.6 Å². The molecular weight excluding hydrogens is 374 g/mol. The largest absolute Gasteiger partial charge is 0.497 e. The highest BCUT2D eigenvalue weighted by Crippen LogP contribution is 2.25. The molecule has 0 heterocycles. The van der Waals surface area contributed by atoms with Crippen LogP contribution in [0.1, 0.15) is 25.5 Å². The van der Waals surface area contributed by atoms with Gasteiger partial charge in [0.05, 0.1) is 7.11 Å². The summed E-state index contributed by atoms with van der Waals surface area (Å²) >= 11 is 0. The lowest BCUT2D eigenvalue weighted by Gasteiger charge is -2.30. The number of halogens is 2. The number of hydrogen-bond donors (Lipinski definition) is 1. The van der Waals surface area contributed by atoms with Crippen molar-refractivity contribution in [2.24, 2.45) is 0 Å². The molecule has 1 atom stereocenters. The third-order valence-electron chi connectivity index (χ3n) is 4.38. The van der Waals surface area contributed by atoms with Gasteiger partial charge in [0, 0.05) is 12.6 Å². The molecule has 0 aliphatic heterocycles. The van der Waals surface area contributed by atoms with Crippen molar-refractivity contribution in [3.05, 3.63) is 59.7 Å². The van der Waals surface area contributed by atoms with E-state index in [1.54, 1.807) is 13.2 Å². The SMILES string of the molecule is CCN(CC)C(CNS(=O)(=O)c1cc(F)ccc1F)c1cccc(OC)c1. The Kier molecular flexibility index (Phi) is 7.29. The molecule has 27 heavy (non-hydrogen) atoms. The van der Waals surface area contributed by atoms with Gasteiger partial charge in [-0.2, -0.15) is 0 Å². The quantitative estimate of drug-likeness (QED) is 0.704. The second-order valence-electron chi connectivity index (χ2n) is 5.94. The molecule has 2 aromatic carbocycles. The van der Waals surface area contributed by atoms with Crippen LogP contribution in [-0.4, -0.2) is 40.1 Å². The Labute approximate surface area is 159 Å². The topological polar surface area (TPSA) is 58.6 Å². The van der Waals surface area contributed by atoms with Crippen molar-refractivity contribution in [1.82, 2.24) is 9.62 Å². The van der Waals surface area contributed by atoms with Gasteiger partial charge in [-0.25, -0.2) is 21.9 Å². The van der Waals surface area contributed by atoms with E-state index in [-0.39, 0.29) is 12.6 Å². The minimum absolute atomic E-state index is 0.00708. The summed E-state index contributed by atoms with van der Waals surface area (Å²) in [4.78, 5) is 1.37. The maximum absolute atomic E-state index is 13.9. The minimum atomic E-state index is -4.21. The van der Waals surface area contributed by atoms with Gasteiger partial charge in [0.1, 0.15) is 22.3 Å². The molecule has 0 saturated heterocycles. The van der Waals surface area contributed by atoms with Crippen molar-refractivity contribution >= 4 is 10.0 Å². The zero-order chi connectivity index (χ0) is 20.0. The molecule has 0 amide bonds. The number of nitrogens with one attached hydrogen (secondary N) is 1. The molecule has 5 nitrogen and oxygen atoms in total. The van der Waals surface area contributed by atoms with Crippen molar-refractivity contribution in [3.8, 4) is 5.75 Å². The number of likely N-dealkylation sites (N-methyl/N-ethyl adjacent to an activating group) is 1. The fourth-order valence-electron chi connectivity index (χ4n) is 2.92. The van der Waals surface area contributed by atoms with Crippen LogP contribution < -0.4 is 9.46 Å². The lowest BCUT2D eigenvalue weighted by molar-refractivity contribution is 0.219. The van der Waals surface area contributed by atoms with Crippen LogP contribution in [0.25, 0.3) is 0 Å². The van der Waals surface area contributed by atoms with E-state index in [9.17, 15) is 17.2 Å². The molecule has 1 N–H and O–H groups in total. The average Bonchev–Trinajstić information content (AvgIpc) is 2.67. The number of benzene rings is 2. The molecule has 0 radical (unpaired) electrons. The lowest BCUT2D eigenvalue weighted by atomic mass is 10.0. The Bertz CT molecular complexity index is 871. The van der Waals surface area contributed by atoms with Crippen molar-refractivity contribution in [2.45, 2.75) is 24.8 Å². The van der Waals surface area contributed by atoms with Gasteiger partial charge < -0.3 is 4.74 Å². The lowest BCUT2D eigenvalue weighted by Crippen LogP contribution is -2.38. The third kappa shape index (κ3) is 5.24. The normalized spacial score (nSPS) is 13.0. The van der Waals surface area contributed by atoms with Crippen LogP contribution in [-0.2, 0) is 10.0 Å². The van der Waals surface area contributed by atoms with E-state index < -0.39 is 26.6 Å². The first-order valence-electron chi connectivity index (χ1n) is 8.65. The van der Waals surface area contributed by atoms with E-state index in [0.717, 1.165) is 17.7 Å². The minimum Gasteiger partial charge on any atom is -0.497 e. The summed E-state index contributed by atoms with van der Waals surface area (Å²) in [5.74, 6) is -1.15. The van der Waals surface area contributed by atoms with Crippen LogP contribution >= 0.6 is 0 Å². The summed E-state index contributed by atoms with van der Waals surface area (Å²) in [7, 11) is -2.65. The van der Waals surface area contributed by atoms with Gasteiger partial charge in [-0.15, -0.1) is 0 Å². The van der Waals surface area contributed by atoms with Gasteiger partial charge in [-0.3, -0.25) is 4.90 Å². The first-order chi connectivity index (χ1) is 12.8. The summed E-state index contributed by atoms with van der Waals surface area (Å²) in [6, 6.07) is 9.40. The molecule has 2 aromatic rings. The Hall–Kier alpha value is -2.03. The summed E-state index contributed by atoms with van der Waals surface area (Å²) in [5, 5.41) is 0. The van der Waals surface area contributed by atoms with Gasteiger partial charge in [0.15, 0.2) is 0 Å². The smallest absolute Gasteiger partial charge is 0.243 e. The van der Waals surface area contributed by atoms with Gasteiger partial charge in [-0.05, 0) is 49.0 Å². The van der Waals surface area contributed by atoms with Gasteiger partial charge >= 0.3 is 0 Å². The summed E-state index contributed by atoms with van der Waals surface area (Å²) in [6.45, 7) is 5.32. The fraction of sp³-hybridized carbons (Fsp3) is 0.368. The molecule has 1 unspecified atom stereocenters. The highest BCUT2D eigenvalue weighted by molar-refractivity contribution is 7.89. The van der Waals surface area contributed by atoms with Crippen molar-refractivity contribution in [3.63, 3.8) is 0 Å². The average molecular weight is 398 g/mol. The summed E-state index contributed by atoms with van der Waals surface area (Å²) in [5.41, 5.74) is 0.862. The van der Waals surface area contributed by atoms with Gasteiger partial charge in [0.25, 0.3) is 0 Å². The van der Waals surface area contributed by atoms with Crippen LogP contribution in [0.15, 0.2) is 47.4 Å². The molecule has 2 rings (SSSR count). The number of sulfonamides is 1. The molecule has 0 spiro atoms. The summed E-state index contributed by atoms with van der Waals surface area (Å²) < 4.78 is 59.9. The fourth-order valence-corrected chi connectivity index (χ4v) is 4.05.